The van der Waals surface area contributed by atoms with Crippen molar-refractivity contribution in [3.05, 3.63) is 88.2 Å². The van der Waals surface area contributed by atoms with Gasteiger partial charge >= 0.3 is 157 Å². The minimum atomic E-state index is -0.195. The molecular formula is C18H15Cl2FN2Se. The van der Waals surface area contributed by atoms with E-state index < -0.39 is 0 Å². The molecule has 2 nitrogen and oxygen atoms in total. The summed E-state index contributed by atoms with van der Waals surface area (Å²) in [6.07, 6.45) is 5.50. The maximum absolute atomic E-state index is 13.4. The van der Waals surface area contributed by atoms with Crippen LogP contribution in [0.2, 0.25) is 10.0 Å². The van der Waals surface area contributed by atoms with Crippen LogP contribution in [-0.2, 0) is 11.9 Å². The molecule has 1 heterocycles. The second kappa shape index (κ2) is 8.17. The van der Waals surface area contributed by atoms with Crippen LogP contribution in [0.4, 0.5) is 4.39 Å². The number of hydrogen-bond donors (Lipinski definition) is 0. The quantitative estimate of drug-likeness (QED) is 0.507. The van der Waals surface area contributed by atoms with E-state index in [1.165, 1.54) is 6.07 Å². The fourth-order valence-electron chi connectivity index (χ4n) is 2.41. The first-order valence-electron chi connectivity index (χ1n) is 7.38. The van der Waals surface area contributed by atoms with Gasteiger partial charge in [0.2, 0.25) is 0 Å². The van der Waals surface area contributed by atoms with Gasteiger partial charge in [0.05, 0.1) is 0 Å². The van der Waals surface area contributed by atoms with Gasteiger partial charge in [0.1, 0.15) is 0 Å². The Bertz CT molecular complexity index is 809. The number of hydrogen-bond acceptors (Lipinski definition) is 1. The summed E-state index contributed by atoms with van der Waals surface area (Å²) in [4.78, 5) is 4.35. The van der Waals surface area contributed by atoms with E-state index in [-0.39, 0.29) is 25.6 Å². The number of rotatable bonds is 6. The molecule has 0 bridgehead atoms. The molecule has 0 fully saturated rings. The van der Waals surface area contributed by atoms with E-state index in [0.717, 1.165) is 23.0 Å². The molecule has 24 heavy (non-hydrogen) atoms. The van der Waals surface area contributed by atoms with Gasteiger partial charge in [0.15, 0.2) is 0 Å². The van der Waals surface area contributed by atoms with Gasteiger partial charge in [-0.05, 0) is 0 Å². The van der Waals surface area contributed by atoms with Crippen LogP contribution in [0.25, 0.3) is 0 Å². The zero-order chi connectivity index (χ0) is 16.9. The fourth-order valence-corrected chi connectivity index (χ4v) is 5.69. The summed E-state index contributed by atoms with van der Waals surface area (Å²) in [5.74, 6) is -0.195. The van der Waals surface area contributed by atoms with Crippen LogP contribution < -0.4 is 0 Å². The first kappa shape index (κ1) is 17.5. The summed E-state index contributed by atoms with van der Waals surface area (Å²) in [6.45, 7) is 0.788. The standard InChI is InChI=1S/C18H15Cl2FN2Se/c19-14-4-5-16(17(20)9-14)18(10-23-7-6-22-12-23)24-11-13-2-1-3-15(21)8-13/h1-9,12,18H,10-11H2. The molecule has 0 N–H and O–H groups in total. The number of nitrogens with zero attached hydrogens (tertiary/aromatic N) is 2. The molecule has 1 atom stereocenters. The van der Waals surface area contributed by atoms with Crippen LogP contribution in [0.5, 0.6) is 0 Å². The second-order valence-electron chi connectivity index (χ2n) is 5.35. The van der Waals surface area contributed by atoms with Crippen molar-refractivity contribution in [3.8, 4) is 0 Å². The van der Waals surface area contributed by atoms with Crippen molar-refractivity contribution in [2.24, 2.45) is 0 Å². The van der Waals surface area contributed by atoms with E-state index in [9.17, 15) is 4.39 Å². The van der Waals surface area contributed by atoms with Gasteiger partial charge < -0.3 is 0 Å². The molecule has 0 saturated carbocycles. The summed E-state index contributed by atoms with van der Waals surface area (Å²) >= 11 is 12.6. The van der Waals surface area contributed by atoms with Crippen molar-refractivity contribution < 1.29 is 4.39 Å². The van der Waals surface area contributed by atoms with Crippen molar-refractivity contribution in [3.63, 3.8) is 0 Å². The Balaban J connectivity index is 1.81. The van der Waals surface area contributed by atoms with Crippen LogP contribution in [0.3, 0.4) is 0 Å². The van der Waals surface area contributed by atoms with Gasteiger partial charge in [0.25, 0.3) is 0 Å². The topological polar surface area (TPSA) is 17.8 Å². The Morgan fingerprint density at radius 2 is 2.04 bits per heavy atom. The van der Waals surface area contributed by atoms with Crippen LogP contribution in [0.1, 0.15) is 15.9 Å². The molecule has 2 aromatic carbocycles. The van der Waals surface area contributed by atoms with Gasteiger partial charge in [-0.2, -0.15) is 0 Å². The van der Waals surface area contributed by atoms with Crippen molar-refractivity contribution >= 4 is 38.2 Å². The molecule has 0 aliphatic rings. The van der Waals surface area contributed by atoms with Crippen molar-refractivity contribution in [2.45, 2.75) is 16.7 Å². The zero-order valence-corrected chi connectivity index (χ0v) is 15.9. The van der Waals surface area contributed by atoms with Gasteiger partial charge in [-0.25, -0.2) is 0 Å². The van der Waals surface area contributed by atoms with E-state index in [2.05, 4.69) is 4.98 Å². The monoisotopic (exact) mass is 428 g/mol. The third kappa shape index (κ3) is 4.61. The minimum absolute atomic E-state index is 0.195. The molecule has 124 valence electrons. The number of benzene rings is 2. The van der Waals surface area contributed by atoms with Crippen molar-refractivity contribution in [1.82, 2.24) is 9.55 Å². The molecule has 6 heteroatoms. The Morgan fingerprint density at radius 1 is 1.17 bits per heavy atom. The third-order valence-corrected chi connectivity index (χ3v) is 6.89. The molecule has 0 aliphatic carbocycles. The molecule has 0 aliphatic heterocycles. The fraction of sp³-hybridized carbons (Fsp3) is 0.167. The van der Waals surface area contributed by atoms with E-state index in [0.29, 0.717) is 10.0 Å². The van der Waals surface area contributed by atoms with Gasteiger partial charge in [-0.3, -0.25) is 0 Å². The number of aromatic nitrogens is 2. The first-order chi connectivity index (χ1) is 11.6. The average molecular weight is 428 g/mol. The van der Waals surface area contributed by atoms with E-state index in [1.54, 1.807) is 30.7 Å². The zero-order valence-electron chi connectivity index (χ0n) is 12.7. The normalized spacial score (nSPS) is 12.3. The predicted molar refractivity (Wildman–Crippen MR) is 97.3 cm³/mol. The summed E-state index contributed by atoms with van der Waals surface area (Å²) in [5.41, 5.74) is 2.09. The molecular weight excluding hydrogens is 413 g/mol. The van der Waals surface area contributed by atoms with E-state index >= 15 is 0 Å². The van der Waals surface area contributed by atoms with E-state index in [1.807, 2.05) is 29.0 Å². The molecule has 0 amide bonds. The number of halogens is 3. The maximum atomic E-state index is 13.4. The van der Waals surface area contributed by atoms with Crippen LogP contribution in [0, 0.1) is 5.82 Å². The third-order valence-electron chi connectivity index (χ3n) is 3.59. The number of imidazole rings is 1. The average Bonchev–Trinajstić information content (AvgIpc) is 3.05. The Kier molecular flexibility index (Phi) is 5.96. The van der Waals surface area contributed by atoms with Crippen molar-refractivity contribution in [2.75, 3.05) is 0 Å². The van der Waals surface area contributed by atoms with Crippen LogP contribution >= 0.6 is 23.2 Å². The predicted octanol–water partition coefficient (Wildman–Crippen LogP) is 4.97. The summed E-state index contributed by atoms with van der Waals surface area (Å²) in [5, 5.41) is 2.14. The summed E-state index contributed by atoms with van der Waals surface area (Å²) in [6, 6.07) is 12.4. The Morgan fingerprint density at radius 3 is 2.75 bits per heavy atom. The SMILES string of the molecule is Fc1cccc(C[Se]C(Cn2ccnc2)c2ccc(Cl)cc2Cl)c1. The molecule has 3 aromatic rings. The molecule has 0 spiro atoms. The summed E-state index contributed by atoms with van der Waals surface area (Å²) in [7, 11) is 0. The summed E-state index contributed by atoms with van der Waals surface area (Å²) < 4.78 is 15.4. The molecule has 1 unspecified atom stereocenters. The molecule has 0 saturated heterocycles. The van der Waals surface area contributed by atoms with Crippen molar-refractivity contribution in [1.29, 1.82) is 0 Å². The van der Waals surface area contributed by atoms with Gasteiger partial charge in [-0.15, -0.1) is 0 Å². The van der Waals surface area contributed by atoms with Crippen LogP contribution in [0.15, 0.2) is 61.2 Å². The van der Waals surface area contributed by atoms with Gasteiger partial charge in [0, 0.05) is 0 Å². The second-order valence-corrected chi connectivity index (χ2v) is 8.70. The Hall–Kier alpha value is -1.32. The molecule has 0 radical (unpaired) electrons. The van der Waals surface area contributed by atoms with Gasteiger partial charge in [-0.1, -0.05) is 0 Å². The van der Waals surface area contributed by atoms with E-state index in [4.69, 9.17) is 23.2 Å². The van der Waals surface area contributed by atoms with Crippen LogP contribution in [-0.4, -0.2) is 24.5 Å². The molecule has 1 aromatic heterocycles. The Labute approximate surface area is 156 Å². The first-order valence-corrected chi connectivity index (χ1v) is 10.3. The molecule has 3 rings (SSSR count).